The highest BCUT2D eigenvalue weighted by molar-refractivity contribution is 5.84. The van der Waals surface area contributed by atoms with Gasteiger partial charge >= 0.3 is 0 Å². The lowest BCUT2D eigenvalue weighted by Gasteiger charge is -2.18. The van der Waals surface area contributed by atoms with E-state index in [0.717, 1.165) is 39.0 Å². The fourth-order valence-corrected chi connectivity index (χ4v) is 4.04. The van der Waals surface area contributed by atoms with E-state index < -0.39 is 0 Å². The molecule has 1 saturated heterocycles. The first kappa shape index (κ1) is 16.6. The number of para-hydroxylation sites is 1. The van der Waals surface area contributed by atoms with Gasteiger partial charge in [0.25, 0.3) is 0 Å². The quantitative estimate of drug-likeness (QED) is 0.845. The average Bonchev–Trinajstić information content (AvgIpc) is 3.33. The van der Waals surface area contributed by atoms with Gasteiger partial charge < -0.3 is 15.0 Å². The first-order chi connectivity index (χ1) is 12.2. The van der Waals surface area contributed by atoms with Crippen LogP contribution in [0.4, 0.5) is 0 Å². The smallest absolute Gasteiger partial charge is 0.223 e. The maximum absolute atomic E-state index is 12.1. The number of aromatic nitrogens is 1. The third-order valence-electron chi connectivity index (χ3n) is 5.63. The highest BCUT2D eigenvalue weighted by Crippen LogP contribution is 2.30. The topological polar surface area (TPSA) is 57.5 Å². The molecule has 1 aromatic heterocycles. The first-order valence-corrected chi connectivity index (χ1v) is 9.40. The number of benzene rings is 1. The number of likely N-dealkylation sites (tertiary alicyclic amines) is 1. The maximum atomic E-state index is 12.1. The largest absolute Gasteiger partial charge is 0.396 e. The van der Waals surface area contributed by atoms with E-state index in [-0.39, 0.29) is 30.4 Å². The second-order valence-corrected chi connectivity index (χ2v) is 7.48. The van der Waals surface area contributed by atoms with Crippen LogP contribution in [0.15, 0.2) is 30.5 Å². The van der Waals surface area contributed by atoms with Gasteiger partial charge in [-0.25, -0.2) is 0 Å². The predicted molar refractivity (Wildman–Crippen MR) is 98.1 cm³/mol. The summed E-state index contributed by atoms with van der Waals surface area (Å²) in [7, 11) is 0. The van der Waals surface area contributed by atoms with Crippen LogP contribution in [-0.4, -0.2) is 46.2 Å². The molecule has 1 amide bonds. The van der Waals surface area contributed by atoms with Gasteiger partial charge in [-0.1, -0.05) is 18.2 Å². The third kappa shape index (κ3) is 3.31. The minimum atomic E-state index is 0.0672. The van der Waals surface area contributed by atoms with Crippen molar-refractivity contribution in [2.24, 2.45) is 11.8 Å². The molecule has 1 aliphatic carbocycles. The number of hydrogen-bond donors (Lipinski definition) is 2. The number of carbonyl (C=O) groups is 1. The molecule has 2 aliphatic rings. The molecule has 0 bridgehead atoms. The van der Waals surface area contributed by atoms with Crippen LogP contribution >= 0.6 is 0 Å². The van der Waals surface area contributed by atoms with Gasteiger partial charge in [0.05, 0.1) is 0 Å². The molecular weight excluding hydrogens is 314 g/mol. The molecule has 2 heterocycles. The summed E-state index contributed by atoms with van der Waals surface area (Å²) in [5.41, 5.74) is 2.60. The van der Waals surface area contributed by atoms with Gasteiger partial charge in [-0.15, -0.1) is 0 Å². The van der Waals surface area contributed by atoms with E-state index in [2.05, 4.69) is 52.2 Å². The minimum absolute atomic E-state index is 0.0672. The molecule has 1 aliphatic heterocycles. The fourth-order valence-electron chi connectivity index (χ4n) is 4.04. The Kier molecular flexibility index (Phi) is 4.52. The Morgan fingerprint density at radius 3 is 2.80 bits per heavy atom. The Morgan fingerprint density at radius 1 is 1.28 bits per heavy atom. The van der Waals surface area contributed by atoms with Gasteiger partial charge in [0, 0.05) is 67.8 Å². The van der Waals surface area contributed by atoms with Crippen LogP contribution in [0.1, 0.15) is 25.3 Å². The molecule has 2 aromatic rings. The second-order valence-electron chi connectivity index (χ2n) is 7.48. The molecule has 2 N–H and O–H groups in total. The van der Waals surface area contributed by atoms with Crippen LogP contribution in [0.25, 0.3) is 10.9 Å². The van der Waals surface area contributed by atoms with Crippen LogP contribution in [0.3, 0.4) is 0 Å². The molecule has 5 heteroatoms. The zero-order valence-electron chi connectivity index (χ0n) is 14.8. The van der Waals surface area contributed by atoms with Crippen LogP contribution in [0, 0.1) is 11.8 Å². The number of nitrogens with zero attached hydrogens (tertiary/aromatic N) is 2. The molecule has 1 saturated carbocycles. The van der Waals surface area contributed by atoms with E-state index in [1.165, 1.54) is 16.5 Å². The molecule has 1 aromatic carbocycles. The number of amides is 1. The van der Waals surface area contributed by atoms with Gasteiger partial charge in [-0.05, 0) is 31.4 Å². The molecule has 2 atom stereocenters. The number of fused-ring (bicyclic) bond motifs is 1. The van der Waals surface area contributed by atoms with Gasteiger partial charge in [0.15, 0.2) is 0 Å². The number of carbonyl (C=O) groups excluding carboxylic acids is 1. The van der Waals surface area contributed by atoms with Crippen molar-refractivity contribution < 1.29 is 9.90 Å². The van der Waals surface area contributed by atoms with Gasteiger partial charge in [0.1, 0.15) is 0 Å². The number of aliphatic hydroxyl groups excluding tert-OH is 1. The molecule has 5 nitrogen and oxygen atoms in total. The van der Waals surface area contributed by atoms with Crippen molar-refractivity contribution in [1.82, 2.24) is 14.8 Å². The standard InChI is InChI=1S/C20H27N3O2/c1-2-23-11-15(17-5-3-4-6-19(17)23)9-22-10-16(13-24)18(12-22)21-20(25)14-7-8-14/h3-6,11,14,16,18,24H,2,7-10,12-13H2,1H3,(H,21,25)/t16-,18+/m0/s1. The molecule has 0 unspecified atom stereocenters. The number of hydrogen-bond acceptors (Lipinski definition) is 3. The molecule has 2 fully saturated rings. The lowest BCUT2D eigenvalue weighted by Crippen LogP contribution is -2.42. The van der Waals surface area contributed by atoms with E-state index >= 15 is 0 Å². The highest BCUT2D eigenvalue weighted by Gasteiger charge is 2.37. The zero-order chi connectivity index (χ0) is 17.4. The molecule has 0 spiro atoms. The predicted octanol–water partition coefficient (Wildman–Crippen LogP) is 1.98. The van der Waals surface area contributed by atoms with Gasteiger partial charge in [0.2, 0.25) is 5.91 Å². The summed E-state index contributed by atoms with van der Waals surface area (Å²) in [5, 5.41) is 14.2. The molecule has 4 rings (SSSR count). The SMILES string of the molecule is CCn1cc(CN2C[C@@H](CO)[C@H](NC(=O)C3CC3)C2)c2ccccc21. The maximum Gasteiger partial charge on any atom is 0.223 e. The Morgan fingerprint density at radius 2 is 2.08 bits per heavy atom. The summed E-state index contributed by atoms with van der Waals surface area (Å²) < 4.78 is 2.29. The van der Waals surface area contributed by atoms with Crippen molar-refractivity contribution >= 4 is 16.8 Å². The number of nitrogens with one attached hydrogen (secondary N) is 1. The van der Waals surface area contributed by atoms with E-state index in [9.17, 15) is 9.90 Å². The van der Waals surface area contributed by atoms with Crippen LogP contribution in [-0.2, 0) is 17.9 Å². The number of aryl methyl sites for hydroxylation is 1. The van der Waals surface area contributed by atoms with E-state index in [1.54, 1.807) is 0 Å². The summed E-state index contributed by atoms with van der Waals surface area (Å²) in [6.07, 6.45) is 4.28. The number of aliphatic hydroxyl groups is 1. The van der Waals surface area contributed by atoms with E-state index in [0.29, 0.717) is 0 Å². The summed E-state index contributed by atoms with van der Waals surface area (Å²) >= 11 is 0. The first-order valence-electron chi connectivity index (χ1n) is 9.40. The van der Waals surface area contributed by atoms with Crippen molar-refractivity contribution in [2.75, 3.05) is 19.7 Å². The Hall–Kier alpha value is -1.85. The van der Waals surface area contributed by atoms with Crippen molar-refractivity contribution in [3.63, 3.8) is 0 Å². The van der Waals surface area contributed by atoms with E-state index in [4.69, 9.17) is 0 Å². The van der Waals surface area contributed by atoms with Gasteiger partial charge in [-0.3, -0.25) is 9.69 Å². The molecule has 0 radical (unpaired) electrons. The molecule has 25 heavy (non-hydrogen) atoms. The lowest BCUT2D eigenvalue weighted by molar-refractivity contribution is -0.123. The Bertz CT molecular complexity index is 765. The summed E-state index contributed by atoms with van der Waals surface area (Å²) in [6.45, 7) is 5.76. The third-order valence-corrected chi connectivity index (χ3v) is 5.63. The summed E-state index contributed by atoms with van der Waals surface area (Å²) in [4.78, 5) is 14.5. The molecular formula is C20H27N3O2. The highest BCUT2D eigenvalue weighted by atomic mass is 16.3. The lowest BCUT2D eigenvalue weighted by atomic mass is 10.1. The zero-order valence-corrected chi connectivity index (χ0v) is 14.8. The minimum Gasteiger partial charge on any atom is -0.396 e. The van der Waals surface area contributed by atoms with Crippen LogP contribution in [0.5, 0.6) is 0 Å². The Labute approximate surface area is 148 Å². The number of rotatable bonds is 6. The monoisotopic (exact) mass is 341 g/mol. The van der Waals surface area contributed by atoms with Crippen LogP contribution < -0.4 is 5.32 Å². The fraction of sp³-hybridized carbons (Fsp3) is 0.550. The summed E-state index contributed by atoms with van der Waals surface area (Å²) in [5.74, 6) is 0.519. The average molecular weight is 341 g/mol. The van der Waals surface area contributed by atoms with Crippen molar-refractivity contribution in [3.8, 4) is 0 Å². The van der Waals surface area contributed by atoms with E-state index in [1.807, 2.05) is 0 Å². The normalized spacial score (nSPS) is 24.1. The van der Waals surface area contributed by atoms with Crippen molar-refractivity contribution in [1.29, 1.82) is 0 Å². The van der Waals surface area contributed by atoms with Gasteiger partial charge in [-0.2, -0.15) is 0 Å². The Balaban J connectivity index is 1.48. The van der Waals surface area contributed by atoms with Crippen molar-refractivity contribution in [2.45, 2.75) is 38.9 Å². The second kappa shape index (κ2) is 6.81. The summed E-state index contributed by atoms with van der Waals surface area (Å²) in [6, 6.07) is 8.59. The molecule has 134 valence electrons. The van der Waals surface area contributed by atoms with Crippen molar-refractivity contribution in [3.05, 3.63) is 36.0 Å². The van der Waals surface area contributed by atoms with Crippen LogP contribution in [0.2, 0.25) is 0 Å².